The Kier molecular flexibility index (Phi) is 4.69. The van der Waals surface area contributed by atoms with Gasteiger partial charge in [0.15, 0.2) is 0 Å². The smallest absolute Gasteiger partial charge is 0.325 e. The number of hydrogen-bond donors (Lipinski definition) is 1. The zero-order valence-electron chi connectivity index (χ0n) is 17.7. The van der Waals surface area contributed by atoms with E-state index in [1.807, 2.05) is 38.1 Å². The van der Waals surface area contributed by atoms with E-state index in [1.165, 1.54) is 16.0 Å². The van der Waals surface area contributed by atoms with Gasteiger partial charge in [0.05, 0.1) is 6.54 Å². The molecule has 2 fully saturated rings. The number of hydrogen-bond acceptors (Lipinski definition) is 4. The minimum absolute atomic E-state index is 0.0505. The van der Waals surface area contributed by atoms with E-state index in [1.54, 1.807) is 0 Å². The number of imide groups is 1. The largest absolute Gasteiger partial charge is 0.465 e. The Morgan fingerprint density at radius 1 is 1.07 bits per heavy atom. The molecule has 2 aromatic rings. The Morgan fingerprint density at radius 3 is 2.33 bits per heavy atom. The number of carbonyl (C=O) groups excluding carboxylic acids is 2. The Morgan fingerprint density at radius 2 is 1.73 bits per heavy atom. The zero-order valence-corrected chi connectivity index (χ0v) is 17.7. The van der Waals surface area contributed by atoms with Gasteiger partial charge in [-0.1, -0.05) is 24.3 Å². The summed E-state index contributed by atoms with van der Waals surface area (Å²) >= 11 is 0. The van der Waals surface area contributed by atoms with E-state index < -0.39 is 5.54 Å². The Balaban J connectivity index is 1.24. The molecule has 0 saturated carbocycles. The van der Waals surface area contributed by atoms with Crippen LogP contribution in [0.1, 0.15) is 42.4 Å². The van der Waals surface area contributed by atoms with Gasteiger partial charge in [-0.3, -0.25) is 14.6 Å². The topological polar surface area (TPSA) is 65.8 Å². The number of piperidine rings is 1. The molecular weight excluding hydrogens is 378 g/mol. The number of likely N-dealkylation sites (tertiary alicyclic amines) is 1. The number of furan rings is 1. The van der Waals surface area contributed by atoms with Gasteiger partial charge in [0.1, 0.15) is 17.1 Å². The number of amides is 3. The molecule has 1 atom stereocenters. The van der Waals surface area contributed by atoms with E-state index in [4.69, 9.17) is 4.42 Å². The number of nitrogens with zero attached hydrogens (tertiary/aromatic N) is 2. The van der Waals surface area contributed by atoms with Crippen molar-refractivity contribution < 1.29 is 14.0 Å². The highest BCUT2D eigenvalue weighted by Gasteiger charge is 2.55. The second kappa shape index (κ2) is 7.27. The molecule has 158 valence electrons. The van der Waals surface area contributed by atoms with Crippen LogP contribution in [-0.2, 0) is 24.2 Å². The molecule has 6 heteroatoms. The van der Waals surface area contributed by atoms with Crippen molar-refractivity contribution in [2.75, 3.05) is 13.1 Å². The molecule has 1 aromatic heterocycles. The fraction of sp³-hybridized carbons (Fsp3) is 0.500. The maximum absolute atomic E-state index is 13.5. The summed E-state index contributed by atoms with van der Waals surface area (Å²) in [7, 11) is 0. The molecule has 0 bridgehead atoms. The molecule has 0 spiro atoms. The number of nitrogens with one attached hydrogen (secondary N) is 1. The van der Waals surface area contributed by atoms with E-state index in [0.717, 1.165) is 56.8 Å². The standard InChI is InChI=1S/C24H29N3O3/c1-16-7-8-21(30-16)15-26-11-9-19(10-12-26)24(2)22(28)27(23(29)25-24)20-13-17-5-3-4-6-18(17)14-20/h3-8,19-20H,9-15H2,1-2H3,(H,25,29)/t24-/m0/s1. The van der Waals surface area contributed by atoms with Gasteiger partial charge in [-0.2, -0.15) is 0 Å². The number of fused-ring (bicyclic) bond motifs is 1. The number of aryl methyl sites for hydroxylation is 1. The number of urea groups is 1. The Labute approximate surface area is 177 Å². The second-order valence-electron chi connectivity index (χ2n) is 9.20. The summed E-state index contributed by atoms with van der Waals surface area (Å²) in [6.07, 6.45) is 3.29. The van der Waals surface area contributed by atoms with Crippen molar-refractivity contribution in [1.29, 1.82) is 0 Å². The summed E-state index contributed by atoms with van der Waals surface area (Å²) in [5.41, 5.74) is 1.69. The number of carbonyl (C=O) groups is 2. The molecule has 0 radical (unpaired) electrons. The molecule has 30 heavy (non-hydrogen) atoms. The summed E-state index contributed by atoms with van der Waals surface area (Å²) in [5.74, 6) is 2.01. The molecule has 2 saturated heterocycles. The van der Waals surface area contributed by atoms with Crippen molar-refractivity contribution in [3.05, 3.63) is 59.0 Å². The average Bonchev–Trinajstić information content (AvgIpc) is 3.39. The monoisotopic (exact) mass is 407 g/mol. The normalized spacial score (nSPS) is 25.7. The predicted octanol–water partition coefficient (Wildman–Crippen LogP) is 3.28. The van der Waals surface area contributed by atoms with Gasteiger partial charge in [0, 0.05) is 6.04 Å². The van der Waals surface area contributed by atoms with E-state index in [9.17, 15) is 9.59 Å². The maximum atomic E-state index is 13.5. The fourth-order valence-electron chi connectivity index (χ4n) is 5.46. The van der Waals surface area contributed by atoms with E-state index >= 15 is 0 Å². The van der Waals surface area contributed by atoms with Gasteiger partial charge in [-0.25, -0.2) is 4.79 Å². The van der Waals surface area contributed by atoms with Crippen LogP contribution >= 0.6 is 0 Å². The van der Waals surface area contributed by atoms with E-state index in [2.05, 4.69) is 22.3 Å². The Hall–Kier alpha value is -2.60. The highest BCUT2D eigenvalue weighted by molar-refractivity contribution is 6.07. The zero-order chi connectivity index (χ0) is 20.9. The van der Waals surface area contributed by atoms with Crippen molar-refractivity contribution in [2.24, 2.45) is 5.92 Å². The predicted molar refractivity (Wildman–Crippen MR) is 113 cm³/mol. The minimum Gasteiger partial charge on any atom is -0.465 e. The van der Waals surface area contributed by atoms with Crippen LogP contribution < -0.4 is 5.32 Å². The van der Waals surface area contributed by atoms with Crippen LogP contribution in [0.2, 0.25) is 0 Å². The first kappa shape index (κ1) is 19.4. The van der Waals surface area contributed by atoms with Crippen LogP contribution in [0.5, 0.6) is 0 Å². The van der Waals surface area contributed by atoms with Crippen molar-refractivity contribution >= 4 is 11.9 Å². The summed E-state index contributed by atoms with van der Waals surface area (Å²) in [6.45, 7) is 6.48. The van der Waals surface area contributed by atoms with Crippen molar-refractivity contribution in [2.45, 2.75) is 57.7 Å². The third-order valence-corrected chi connectivity index (χ3v) is 7.22. The van der Waals surface area contributed by atoms with Gasteiger partial charge in [0.25, 0.3) is 5.91 Å². The van der Waals surface area contributed by atoms with E-state index in [-0.39, 0.29) is 23.9 Å². The quantitative estimate of drug-likeness (QED) is 0.790. The lowest BCUT2D eigenvalue weighted by atomic mass is 9.78. The first-order chi connectivity index (χ1) is 14.4. The third-order valence-electron chi connectivity index (χ3n) is 7.22. The lowest BCUT2D eigenvalue weighted by molar-refractivity contribution is -0.134. The summed E-state index contributed by atoms with van der Waals surface area (Å²) in [5, 5.41) is 3.07. The molecule has 2 aliphatic heterocycles. The molecule has 5 rings (SSSR count). The first-order valence-corrected chi connectivity index (χ1v) is 10.9. The van der Waals surface area contributed by atoms with Crippen LogP contribution in [0.15, 0.2) is 40.8 Å². The van der Waals surface area contributed by atoms with Gasteiger partial charge < -0.3 is 9.73 Å². The van der Waals surface area contributed by atoms with Crippen LogP contribution in [0.25, 0.3) is 0 Å². The number of benzene rings is 1. The summed E-state index contributed by atoms with van der Waals surface area (Å²) < 4.78 is 5.70. The van der Waals surface area contributed by atoms with E-state index in [0.29, 0.717) is 0 Å². The van der Waals surface area contributed by atoms with Gasteiger partial charge in [0.2, 0.25) is 0 Å². The molecule has 6 nitrogen and oxygen atoms in total. The summed E-state index contributed by atoms with van der Waals surface area (Å²) in [6, 6.07) is 12.0. The average molecular weight is 408 g/mol. The molecule has 1 N–H and O–H groups in total. The third kappa shape index (κ3) is 3.23. The SMILES string of the molecule is Cc1ccc(CN2CCC([C@]3(C)NC(=O)N(C4Cc5ccccc5C4)C3=O)CC2)o1. The molecule has 1 aliphatic carbocycles. The molecule has 0 unspecified atom stereocenters. The summed E-state index contributed by atoms with van der Waals surface area (Å²) in [4.78, 5) is 30.2. The van der Waals surface area contributed by atoms with Crippen LogP contribution in [0, 0.1) is 12.8 Å². The molecule has 3 heterocycles. The van der Waals surface area contributed by atoms with Crippen LogP contribution in [0.4, 0.5) is 4.79 Å². The van der Waals surface area contributed by atoms with Crippen LogP contribution in [-0.4, -0.2) is 46.4 Å². The van der Waals surface area contributed by atoms with Gasteiger partial charge >= 0.3 is 6.03 Å². The van der Waals surface area contributed by atoms with Crippen LogP contribution in [0.3, 0.4) is 0 Å². The van der Waals surface area contributed by atoms with Crippen molar-refractivity contribution in [1.82, 2.24) is 15.1 Å². The lowest BCUT2D eigenvalue weighted by Gasteiger charge is -2.38. The molecule has 1 aromatic carbocycles. The minimum atomic E-state index is -0.806. The van der Waals surface area contributed by atoms with Crippen molar-refractivity contribution in [3.63, 3.8) is 0 Å². The first-order valence-electron chi connectivity index (χ1n) is 10.9. The number of rotatable bonds is 4. The fourth-order valence-corrected chi connectivity index (χ4v) is 5.46. The second-order valence-corrected chi connectivity index (χ2v) is 9.20. The maximum Gasteiger partial charge on any atom is 0.325 e. The molecular formula is C24H29N3O3. The highest BCUT2D eigenvalue weighted by Crippen LogP contribution is 2.36. The molecule has 3 amide bonds. The molecule has 3 aliphatic rings. The van der Waals surface area contributed by atoms with Gasteiger partial charge in [-0.15, -0.1) is 0 Å². The van der Waals surface area contributed by atoms with Gasteiger partial charge in [-0.05, 0) is 81.8 Å². The highest BCUT2D eigenvalue weighted by atomic mass is 16.3. The lowest BCUT2D eigenvalue weighted by Crippen LogP contribution is -2.54. The Bertz CT molecular complexity index is 951. The van der Waals surface area contributed by atoms with Crippen molar-refractivity contribution in [3.8, 4) is 0 Å².